The number of rotatable bonds is 5. The van der Waals surface area contributed by atoms with Crippen LogP contribution in [0.4, 0.5) is 5.95 Å². The van der Waals surface area contributed by atoms with Crippen molar-refractivity contribution in [2.45, 2.75) is 31.6 Å². The Morgan fingerprint density at radius 3 is 3.16 bits per heavy atom. The summed E-state index contributed by atoms with van der Waals surface area (Å²) in [6.07, 6.45) is 5.21. The summed E-state index contributed by atoms with van der Waals surface area (Å²) in [5, 5.41) is 6.07. The highest BCUT2D eigenvalue weighted by molar-refractivity contribution is 7.84. The summed E-state index contributed by atoms with van der Waals surface area (Å²) < 4.78 is 13.2. The van der Waals surface area contributed by atoms with Crippen LogP contribution in [0.15, 0.2) is 6.20 Å². The molecule has 106 valence electrons. The number of fused-ring (bicyclic) bond motifs is 1. The molecule has 0 spiro atoms. The average molecular weight is 284 g/mol. The summed E-state index contributed by atoms with van der Waals surface area (Å²) in [6, 6.07) is 0. The van der Waals surface area contributed by atoms with Crippen molar-refractivity contribution in [2.24, 2.45) is 0 Å². The van der Waals surface area contributed by atoms with Crippen LogP contribution in [0, 0.1) is 0 Å². The van der Waals surface area contributed by atoms with Crippen LogP contribution < -0.4 is 10.6 Å². The normalized spacial score (nSPS) is 17.2. The Hall–Kier alpha value is -1.37. The van der Waals surface area contributed by atoms with Gasteiger partial charge in [0.25, 0.3) is 5.91 Å². The molecule has 2 unspecified atom stereocenters. The van der Waals surface area contributed by atoms with Crippen molar-refractivity contribution < 1.29 is 9.00 Å². The minimum atomic E-state index is -0.845. The number of nitrogens with zero attached hydrogens (tertiary/aromatic N) is 2. The number of aromatic nitrogens is 2. The maximum Gasteiger partial charge on any atom is 0.271 e. The molecule has 1 aliphatic rings. The Kier molecular flexibility index (Phi) is 4.57. The van der Waals surface area contributed by atoms with Gasteiger partial charge in [-0.15, -0.1) is 0 Å². The molecule has 0 saturated carbocycles. The van der Waals surface area contributed by atoms with Crippen molar-refractivity contribution in [3.8, 4) is 0 Å². The molecule has 1 aromatic rings. The van der Waals surface area contributed by atoms with Gasteiger partial charge in [-0.05, 0) is 12.8 Å². The van der Waals surface area contributed by atoms with E-state index >= 15 is 0 Å². The predicted molar refractivity (Wildman–Crippen MR) is 75.8 cm³/mol. The lowest BCUT2D eigenvalue weighted by molar-refractivity contribution is 0.0948. The molecule has 1 aromatic heterocycles. The van der Waals surface area contributed by atoms with Gasteiger partial charge in [-0.25, -0.2) is 4.98 Å². The van der Waals surface area contributed by atoms with E-state index in [4.69, 9.17) is 0 Å². The summed E-state index contributed by atoms with van der Waals surface area (Å²) >= 11 is 0. The molecule has 6 nitrogen and oxygen atoms in total. The summed E-state index contributed by atoms with van der Waals surface area (Å²) in [6.45, 7) is 4.24. The average Bonchev–Trinajstić information content (AvgIpc) is 2.82. The fourth-order valence-corrected chi connectivity index (χ4v) is 2.38. The quantitative estimate of drug-likeness (QED) is 0.829. The lowest BCUT2D eigenvalue weighted by Gasteiger charge is -2.14. The first-order valence-corrected chi connectivity index (χ1v) is 8.11. The number of aryl methyl sites for hydroxylation is 1. The number of carbonyl (C=O) groups excluding carboxylic acids is 1. The first-order chi connectivity index (χ1) is 9.08. The number of imidazole rings is 1. The molecule has 1 aliphatic heterocycles. The summed E-state index contributed by atoms with van der Waals surface area (Å²) in [7, 11) is -0.845. The molecule has 0 bridgehead atoms. The number of anilines is 1. The van der Waals surface area contributed by atoms with Gasteiger partial charge in [0.1, 0.15) is 5.69 Å². The Morgan fingerprint density at radius 2 is 2.47 bits per heavy atom. The summed E-state index contributed by atoms with van der Waals surface area (Å²) in [5.41, 5.74) is 0.440. The Balaban J connectivity index is 1.86. The third-order valence-corrected chi connectivity index (χ3v) is 4.64. The molecular formula is C12H20N4O2S. The van der Waals surface area contributed by atoms with Gasteiger partial charge in [0.05, 0.1) is 0 Å². The number of amides is 1. The van der Waals surface area contributed by atoms with Gasteiger partial charge in [-0.2, -0.15) is 0 Å². The molecule has 2 heterocycles. The highest BCUT2D eigenvalue weighted by Crippen LogP contribution is 2.13. The van der Waals surface area contributed by atoms with Gasteiger partial charge >= 0.3 is 0 Å². The third-order valence-electron chi connectivity index (χ3n) is 3.27. The number of nitrogens with one attached hydrogen (secondary N) is 2. The molecule has 2 rings (SSSR count). The second kappa shape index (κ2) is 6.18. The van der Waals surface area contributed by atoms with E-state index in [0.29, 0.717) is 18.7 Å². The lowest BCUT2D eigenvalue weighted by Crippen LogP contribution is -2.27. The van der Waals surface area contributed by atoms with Crippen LogP contribution in [-0.4, -0.2) is 44.3 Å². The molecule has 2 atom stereocenters. The van der Waals surface area contributed by atoms with Crippen LogP contribution in [-0.2, 0) is 17.3 Å². The van der Waals surface area contributed by atoms with E-state index in [-0.39, 0.29) is 11.2 Å². The standard InChI is InChI=1S/C12H20N4O2S/c1-9(19(2)18)4-6-13-11(17)10-8-16-7-3-5-14-12(16)15-10/h8-9H,3-7H2,1-2H3,(H,13,17)(H,14,15). The molecule has 0 radical (unpaired) electrons. The highest BCUT2D eigenvalue weighted by Gasteiger charge is 2.16. The van der Waals surface area contributed by atoms with Gasteiger partial charge in [-0.1, -0.05) is 6.92 Å². The minimum absolute atomic E-state index is 0.0946. The fourth-order valence-electron chi connectivity index (χ4n) is 1.93. The van der Waals surface area contributed by atoms with Gasteiger partial charge in [0.2, 0.25) is 5.95 Å². The zero-order valence-corrected chi connectivity index (χ0v) is 12.1. The highest BCUT2D eigenvalue weighted by atomic mass is 32.2. The smallest absolute Gasteiger partial charge is 0.271 e. The van der Waals surface area contributed by atoms with Gasteiger partial charge < -0.3 is 15.2 Å². The van der Waals surface area contributed by atoms with Crippen molar-refractivity contribution in [1.29, 1.82) is 0 Å². The molecule has 0 aliphatic carbocycles. The second-order valence-electron chi connectivity index (χ2n) is 4.78. The maximum absolute atomic E-state index is 11.9. The van der Waals surface area contributed by atoms with Gasteiger partial charge in [-0.3, -0.25) is 9.00 Å². The van der Waals surface area contributed by atoms with Crippen LogP contribution in [0.5, 0.6) is 0 Å². The van der Waals surface area contributed by atoms with Crippen molar-refractivity contribution in [1.82, 2.24) is 14.9 Å². The summed E-state index contributed by atoms with van der Waals surface area (Å²) in [4.78, 5) is 16.2. The largest absolute Gasteiger partial charge is 0.356 e. The van der Waals surface area contributed by atoms with E-state index in [0.717, 1.165) is 25.5 Å². The molecule has 7 heteroatoms. The van der Waals surface area contributed by atoms with Crippen LogP contribution >= 0.6 is 0 Å². The topological polar surface area (TPSA) is 76.0 Å². The summed E-state index contributed by atoms with van der Waals surface area (Å²) in [5.74, 6) is 0.595. The SMILES string of the molecule is CC(CCNC(=O)c1cn2c(n1)NCCC2)S(C)=O. The fraction of sp³-hybridized carbons (Fsp3) is 0.667. The van der Waals surface area contributed by atoms with Crippen LogP contribution in [0.3, 0.4) is 0 Å². The predicted octanol–water partition coefficient (Wildman–Crippen LogP) is 0.586. The lowest BCUT2D eigenvalue weighted by atomic mass is 10.3. The van der Waals surface area contributed by atoms with E-state index in [1.165, 1.54) is 0 Å². The second-order valence-corrected chi connectivity index (χ2v) is 6.58. The Bertz CT molecular complexity index is 463. The number of carbonyl (C=O) groups is 1. The molecular weight excluding hydrogens is 264 g/mol. The Morgan fingerprint density at radius 1 is 1.68 bits per heavy atom. The van der Waals surface area contributed by atoms with Crippen LogP contribution in [0.2, 0.25) is 0 Å². The first-order valence-electron chi connectivity index (χ1n) is 6.49. The van der Waals surface area contributed by atoms with Gasteiger partial charge in [0, 0.05) is 48.1 Å². The number of hydrogen-bond acceptors (Lipinski definition) is 4. The maximum atomic E-state index is 11.9. The molecule has 0 saturated heterocycles. The Labute approximate surface area is 115 Å². The van der Waals surface area contributed by atoms with Crippen molar-refractivity contribution >= 4 is 22.7 Å². The van der Waals surface area contributed by atoms with E-state index in [2.05, 4.69) is 15.6 Å². The molecule has 2 N–H and O–H groups in total. The molecule has 1 amide bonds. The third kappa shape index (κ3) is 3.56. The first kappa shape index (κ1) is 14.0. The monoisotopic (exact) mass is 284 g/mol. The van der Waals surface area contributed by atoms with E-state index in [1.54, 1.807) is 12.5 Å². The van der Waals surface area contributed by atoms with Crippen molar-refractivity contribution in [2.75, 3.05) is 24.7 Å². The van der Waals surface area contributed by atoms with Crippen molar-refractivity contribution in [3.63, 3.8) is 0 Å². The minimum Gasteiger partial charge on any atom is -0.356 e. The molecule has 0 aromatic carbocycles. The zero-order valence-electron chi connectivity index (χ0n) is 11.3. The van der Waals surface area contributed by atoms with Gasteiger partial charge in [0.15, 0.2) is 0 Å². The molecule has 19 heavy (non-hydrogen) atoms. The van der Waals surface area contributed by atoms with Crippen LogP contribution in [0.1, 0.15) is 30.3 Å². The van der Waals surface area contributed by atoms with Crippen LogP contribution in [0.25, 0.3) is 0 Å². The van der Waals surface area contributed by atoms with E-state index < -0.39 is 10.8 Å². The number of hydrogen-bond donors (Lipinski definition) is 2. The molecule has 0 fully saturated rings. The van der Waals surface area contributed by atoms with E-state index in [1.807, 2.05) is 11.5 Å². The zero-order chi connectivity index (χ0) is 13.8. The van der Waals surface area contributed by atoms with E-state index in [9.17, 15) is 9.00 Å². The van der Waals surface area contributed by atoms with Crippen molar-refractivity contribution in [3.05, 3.63) is 11.9 Å².